The van der Waals surface area contributed by atoms with Crippen molar-refractivity contribution in [1.82, 2.24) is 4.90 Å². The van der Waals surface area contributed by atoms with E-state index in [0.717, 1.165) is 12.8 Å². The summed E-state index contributed by atoms with van der Waals surface area (Å²) in [5, 5.41) is 0. The SMILES string of the molecule is CC(C)[C@@H]1CC[C@H](C)C[C@H]1OC(=O)[C@]1(N(C)C)C[C@@H]1c1ccccc1. The second kappa shape index (κ2) is 7.11. The van der Waals surface area contributed by atoms with Gasteiger partial charge in [0.25, 0.3) is 0 Å². The van der Waals surface area contributed by atoms with E-state index >= 15 is 0 Å². The van der Waals surface area contributed by atoms with Crippen LogP contribution in [0.1, 0.15) is 57.9 Å². The van der Waals surface area contributed by atoms with Crippen molar-refractivity contribution < 1.29 is 9.53 Å². The van der Waals surface area contributed by atoms with E-state index in [0.29, 0.717) is 17.8 Å². The van der Waals surface area contributed by atoms with Gasteiger partial charge in [0.15, 0.2) is 0 Å². The van der Waals surface area contributed by atoms with Gasteiger partial charge in [-0.25, -0.2) is 0 Å². The lowest BCUT2D eigenvalue weighted by Gasteiger charge is -2.38. The number of likely N-dealkylation sites (N-methyl/N-ethyl adjacent to an activating group) is 1. The Balaban J connectivity index is 1.76. The van der Waals surface area contributed by atoms with Crippen molar-refractivity contribution >= 4 is 5.97 Å². The van der Waals surface area contributed by atoms with Crippen molar-refractivity contribution in [3.05, 3.63) is 35.9 Å². The highest BCUT2D eigenvalue weighted by Crippen LogP contribution is 2.55. The van der Waals surface area contributed by atoms with Crippen LogP contribution in [0.4, 0.5) is 0 Å². The molecule has 0 radical (unpaired) electrons. The van der Waals surface area contributed by atoms with E-state index in [1.807, 2.05) is 20.2 Å². The second-order valence-corrected chi connectivity index (χ2v) is 8.76. The summed E-state index contributed by atoms with van der Waals surface area (Å²) in [5.74, 6) is 1.93. The molecule has 2 aliphatic rings. The topological polar surface area (TPSA) is 29.5 Å². The van der Waals surface area contributed by atoms with Crippen molar-refractivity contribution in [3.8, 4) is 0 Å². The molecular weight excluding hydrogens is 310 g/mol. The predicted octanol–water partition coefficient (Wildman–Crippen LogP) is 4.48. The number of nitrogens with zero attached hydrogens (tertiary/aromatic N) is 1. The van der Waals surface area contributed by atoms with E-state index < -0.39 is 5.54 Å². The summed E-state index contributed by atoms with van der Waals surface area (Å²) < 4.78 is 6.20. The maximum absolute atomic E-state index is 13.2. The van der Waals surface area contributed by atoms with Crippen LogP contribution in [-0.2, 0) is 9.53 Å². The van der Waals surface area contributed by atoms with E-state index in [4.69, 9.17) is 4.74 Å². The molecule has 0 heterocycles. The number of benzene rings is 1. The number of rotatable bonds is 5. The monoisotopic (exact) mass is 343 g/mol. The molecule has 0 amide bonds. The fourth-order valence-corrected chi connectivity index (χ4v) is 4.72. The molecular formula is C22H33NO2. The molecule has 3 rings (SSSR count). The smallest absolute Gasteiger partial charge is 0.327 e. The molecule has 0 bridgehead atoms. The van der Waals surface area contributed by atoms with Gasteiger partial charge in [0.05, 0.1) is 0 Å². The summed E-state index contributed by atoms with van der Waals surface area (Å²) in [6.45, 7) is 6.79. The average molecular weight is 344 g/mol. The number of esters is 1. The van der Waals surface area contributed by atoms with Crippen LogP contribution < -0.4 is 0 Å². The Bertz CT molecular complexity index is 597. The first-order valence-corrected chi connectivity index (χ1v) is 9.79. The van der Waals surface area contributed by atoms with Crippen LogP contribution in [0, 0.1) is 17.8 Å². The number of hydrogen-bond donors (Lipinski definition) is 0. The summed E-state index contributed by atoms with van der Waals surface area (Å²) in [6.07, 6.45) is 4.37. The maximum Gasteiger partial charge on any atom is 0.327 e. The Morgan fingerprint density at radius 3 is 2.48 bits per heavy atom. The van der Waals surface area contributed by atoms with Crippen molar-refractivity contribution in [2.45, 2.75) is 64.0 Å². The number of hydrogen-bond acceptors (Lipinski definition) is 3. The molecule has 0 saturated heterocycles. The van der Waals surface area contributed by atoms with E-state index in [9.17, 15) is 4.79 Å². The number of carbonyl (C=O) groups excluding carboxylic acids is 1. The molecule has 0 N–H and O–H groups in total. The molecule has 3 nitrogen and oxygen atoms in total. The minimum Gasteiger partial charge on any atom is -0.461 e. The highest BCUT2D eigenvalue weighted by molar-refractivity contribution is 5.87. The van der Waals surface area contributed by atoms with E-state index in [-0.39, 0.29) is 18.0 Å². The predicted molar refractivity (Wildman–Crippen MR) is 101 cm³/mol. The highest BCUT2D eigenvalue weighted by atomic mass is 16.5. The van der Waals surface area contributed by atoms with Gasteiger partial charge < -0.3 is 4.74 Å². The quantitative estimate of drug-likeness (QED) is 0.738. The van der Waals surface area contributed by atoms with Gasteiger partial charge in [-0.2, -0.15) is 0 Å². The minimum absolute atomic E-state index is 0.0175. The molecule has 138 valence electrons. The first-order valence-electron chi connectivity index (χ1n) is 9.79. The molecule has 0 aromatic heterocycles. The van der Waals surface area contributed by atoms with Crippen molar-refractivity contribution in [3.63, 3.8) is 0 Å². The number of ether oxygens (including phenoxy) is 1. The van der Waals surface area contributed by atoms with Crippen molar-refractivity contribution in [1.29, 1.82) is 0 Å². The van der Waals surface area contributed by atoms with Gasteiger partial charge in [0.1, 0.15) is 11.6 Å². The van der Waals surface area contributed by atoms with Gasteiger partial charge in [-0.3, -0.25) is 9.69 Å². The molecule has 1 aromatic rings. The zero-order valence-electron chi connectivity index (χ0n) is 16.4. The van der Waals surface area contributed by atoms with Crippen LogP contribution in [0.15, 0.2) is 30.3 Å². The van der Waals surface area contributed by atoms with Crippen LogP contribution in [0.5, 0.6) is 0 Å². The van der Waals surface area contributed by atoms with Gasteiger partial charge in [0.2, 0.25) is 0 Å². The summed E-state index contributed by atoms with van der Waals surface area (Å²) >= 11 is 0. The zero-order valence-corrected chi connectivity index (χ0v) is 16.4. The minimum atomic E-state index is -0.483. The summed E-state index contributed by atoms with van der Waals surface area (Å²) in [7, 11) is 4.02. The summed E-state index contributed by atoms with van der Waals surface area (Å²) in [5.41, 5.74) is 0.759. The van der Waals surface area contributed by atoms with Crippen LogP contribution in [0.2, 0.25) is 0 Å². The van der Waals surface area contributed by atoms with Crippen LogP contribution in [0.3, 0.4) is 0 Å². The third-order valence-corrected chi connectivity index (χ3v) is 6.50. The van der Waals surface area contributed by atoms with E-state index in [2.05, 4.69) is 49.9 Å². The van der Waals surface area contributed by atoms with Gasteiger partial charge >= 0.3 is 5.97 Å². The zero-order chi connectivity index (χ0) is 18.2. The molecule has 1 aromatic carbocycles. The molecule has 0 unspecified atom stereocenters. The molecule has 2 fully saturated rings. The van der Waals surface area contributed by atoms with E-state index in [1.165, 1.54) is 18.4 Å². The lowest BCUT2D eigenvalue weighted by atomic mass is 9.75. The Morgan fingerprint density at radius 1 is 1.20 bits per heavy atom. The van der Waals surface area contributed by atoms with Crippen molar-refractivity contribution in [2.24, 2.45) is 17.8 Å². The first kappa shape index (κ1) is 18.4. The molecule has 25 heavy (non-hydrogen) atoms. The highest BCUT2D eigenvalue weighted by Gasteiger charge is 2.64. The van der Waals surface area contributed by atoms with Gasteiger partial charge in [-0.1, -0.05) is 57.5 Å². The normalized spacial score (nSPS) is 35.0. The fraction of sp³-hybridized carbons (Fsp3) is 0.682. The lowest BCUT2D eigenvalue weighted by molar-refractivity contribution is -0.163. The maximum atomic E-state index is 13.2. The molecule has 2 saturated carbocycles. The van der Waals surface area contributed by atoms with Gasteiger partial charge in [-0.15, -0.1) is 0 Å². The third kappa shape index (κ3) is 3.48. The molecule has 2 aliphatic carbocycles. The molecule has 0 aliphatic heterocycles. The second-order valence-electron chi connectivity index (χ2n) is 8.76. The Hall–Kier alpha value is -1.35. The van der Waals surface area contributed by atoms with Crippen LogP contribution >= 0.6 is 0 Å². The van der Waals surface area contributed by atoms with Gasteiger partial charge in [-0.05, 0) is 56.7 Å². The standard InChI is InChI=1S/C22H33NO2/c1-15(2)18-12-11-16(3)13-20(18)25-21(24)22(23(4)5)14-19(22)17-9-7-6-8-10-17/h6-10,15-16,18-20H,11-14H2,1-5H3/t16-,18-,19+,20+,22-/m0/s1. The molecule has 5 atom stereocenters. The van der Waals surface area contributed by atoms with Crippen LogP contribution in [0.25, 0.3) is 0 Å². The van der Waals surface area contributed by atoms with E-state index in [1.54, 1.807) is 0 Å². The third-order valence-electron chi connectivity index (χ3n) is 6.50. The lowest BCUT2D eigenvalue weighted by Crippen LogP contribution is -2.45. The van der Waals surface area contributed by atoms with Crippen LogP contribution in [-0.4, -0.2) is 36.6 Å². The largest absolute Gasteiger partial charge is 0.461 e. The molecule has 3 heteroatoms. The summed E-state index contributed by atoms with van der Waals surface area (Å²) in [6, 6.07) is 10.4. The Morgan fingerprint density at radius 2 is 1.88 bits per heavy atom. The summed E-state index contributed by atoms with van der Waals surface area (Å²) in [4.78, 5) is 15.3. The first-order chi connectivity index (χ1) is 11.9. The number of carbonyl (C=O) groups is 1. The van der Waals surface area contributed by atoms with Gasteiger partial charge in [0, 0.05) is 5.92 Å². The fourth-order valence-electron chi connectivity index (χ4n) is 4.72. The Kier molecular flexibility index (Phi) is 5.24. The van der Waals surface area contributed by atoms with Crippen molar-refractivity contribution in [2.75, 3.05) is 14.1 Å². The Labute approximate surface area is 152 Å². The molecule has 0 spiro atoms. The average Bonchev–Trinajstić information content (AvgIpc) is 3.32.